The monoisotopic (exact) mass is 234 g/mol. The molecular weight excluding hydrogens is 212 g/mol. The van der Waals surface area contributed by atoms with E-state index in [-0.39, 0.29) is 0 Å². The standard InChI is InChI=1S/C12H23ClS/c13-10-6-1-2-7-11-14-12-8-4-3-5-9-12/h12H,1-11H2. The molecule has 0 saturated heterocycles. The molecule has 1 aliphatic rings. The van der Waals surface area contributed by atoms with Crippen LogP contribution in [0.1, 0.15) is 57.8 Å². The molecule has 0 bridgehead atoms. The first-order valence-corrected chi connectivity index (χ1v) is 7.69. The first-order valence-electron chi connectivity index (χ1n) is 6.11. The third-order valence-corrected chi connectivity index (χ3v) is 4.67. The van der Waals surface area contributed by atoms with Gasteiger partial charge in [-0.3, -0.25) is 0 Å². The van der Waals surface area contributed by atoms with Crippen LogP contribution in [-0.2, 0) is 0 Å². The molecule has 1 aliphatic carbocycles. The molecule has 1 rings (SSSR count). The van der Waals surface area contributed by atoms with E-state index in [1.165, 1.54) is 63.5 Å². The van der Waals surface area contributed by atoms with E-state index in [4.69, 9.17) is 11.6 Å². The molecule has 0 aliphatic heterocycles. The lowest BCUT2D eigenvalue weighted by Crippen LogP contribution is -2.08. The van der Waals surface area contributed by atoms with Crippen molar-refractivity contribution < 1.29 is 0 Å². The fourth-order valence-corrected chi connectivity index (χ4v) is 3.59. The van der Waals surface area contributed by atoms with Gasteiger partial charge in [0, 0.05) is 11.1 Å². The summed E-state index contributed by atoms with van der Waals surface area (Å²) in [7, 11) is 0. The summed E-state index contributed by atoms with van der Waals surface area (Å²) in [5.74, 6) is 2.22. The normalized spacial score (nSPS) is 18.6. The van der Waals surface area contributed by atoms with Crippen molar-refractivity contribution in [3.8, 4) is 0 Å². The third kappa shape index (κ3) is 6.19. The van der Waals surface area contributed by atoms with Crippen LogP contribution >= 0.6 is 23.4 Å². The molecule has 0 atom stereocenters. The summed E-state index contributed by atoms with van der Waals surface area (Å²) in [5.41, 5.74) is 0. The zero-order valence-corrected chi connectivity index (χ0v) is 10.7. The number of halogens is 1. The van der Waals surface area contributed by atoms with E-state index in [1.54, 1.807) is 0 Å². The van der Waals surface area contributed by atoms with Crippen LogP contribution in [0.25, 0.3) is 0 Å². The van der Waals surface area contributed by atoms with Crippen molar-refractivity contribution in [1.82, 2.24) is 0 Å². The summed E-state index contributed by atoms with van der Waals surface area (Å²) >= 11 is 7.85. The minimum atomic E-state index is 0.843. The molecule has 0 unspecified atom stereocenters. The smallest absolute Gasteiger partial charge is 0.0223 e. The molecule has 1 fully saturated rings. The van der Waals surface area contributed by atoms with Crippen molar-refractivity contribution in [2.45, 2.75) is 63.0 Å². The molecule has 0 heterocycles. The molecule has 0 N–H and O–H groups in total. The second-order valence-corrected chi connectivity index (χ2v) is 6.02. The molecule has 0 radical (unpaired) electrons. The topological polar surface area (TPSA) is 0 Å². The average Bonchev–Trinajstić information content (AvgIpc) is 2.25. The average molecular weight is 235 g/mol. The van der Waals surface area contributed by atoms with E-state index in [9.17, 15) is 0 Å². The number of unbranched alkanes of at least 4 members (excludes halogenated alkanes) is 3. The summed E-state index contributed by atoms with van der Waals surface area (Å²) in [6.45, 7) is 0. The first-order chi connectivity index (χ1) is 6.93. The van der Waals surface area contributed by atoms with Gasteiger partial charge < -0.3 is 0 Å². The maximum absolute atomic E-state index is 5.63. The van der Waals surface area contributed by atoms with Crippen LogP contribution in [0.2, 0.25) is 0 Å². The lowest BCUT2D eigenvalue weighted by molar-refractivity contribution is 0.515. The molecule has 0 aromatic rings. The zero-order chi connectivity index (χ0) is 10.1. The molecule has 0 spiro atoms. The van der Waals surface area contributed by atoms with E-state index in [1.807, 2.05) is 0 Å². The van der Waals surface area contributed by atoms with Gasteiger partial charge in [-0.1, -0.05) is 32.1 Å². The Balaban J connectivity index is 1.82. The van der Waals surface area contributed by atoms with E-state index < -0.39 is 0 Å². The Morgan fingerprint density at radius 2 is 1.64 bits per heavy atom. The van der Waals surface area contributed by atoms with Crippen molar-refractivity contribution in [2.75, 3.05) is 11.6 Å². The van der Waals surface area contributed by atoms with E-state index >= 15 is 0 Å². The van der Waals surface area contributed by atoms with Crippen molar-refractivity contribution in [2.24, 2.45) is 0 Å². The first kappa shape index (κ1) is 12.7. The van der Waals surface area contributed by atoms with Crippen LogP contribution in [0, 0.1) is 0 Å². The molecular formula is C12H23ClS. The quantitative estimate of drug-likeness (QED) is 0.448. The van der Waals surface area contributed by atoms with Gasteiger partial charge in [0.1, 0.15) is 0 Å². The van der Waals surface area contributed by atoms with Gasteiger partial charge in [-0.05, 0) is 31.4 Å². The highest BCUT2D eigenvalue weighted by Crippen LogP contribution is 2.28. The van der Waals surface area contributed by atoms with Crippen molar-refractivity contribution in [3.05, 3.63) is 0 Å². The molecule has 2 heteroatoms. The summed E-state index contributed by atoms with van der Waals surface area (Å²) < 4.78 is 0. The molecule has 84 valence electrons. The van der Waals surface area contributed by atoms with Gasteiger partial charge in [-0.25, -0.2) is 0 Å². The Morgan fingerprint density at radius 3 is 2.36 bits per heavy atom. The molecule has 0 amide bonds. The minimum Gasteiger partial charge on any atom is -0.159 e. The number of hydrogen-bond acceptors (Lipinski definition) is 1. The minimum absolute atomic E-state index is 0.843. The number of hydrogen-bond donors (Lipinski definition) is 0. The Hall–Kier alpha value is 0.640. The number of thioether (sulfide) groups is 1. The molecule has 1 saturated carbocycles. The highest BCUT2D eigenvalue weighted by atomic mass is 35.5. The van der Waals surface area contributed by atoms with E-state index in [0.717, 1.165) is 11.1 Å². The Kier molecular flexibility index (Phi) is 8.09. The SMILES string of the molecule is ClCCCCCCSC1CCCCC1. The maximum atomic E-state index is 5.63. The number of rotatable bonds is 7. The highest BCUT2D eigenvalue weighted by Gasteiger charge is 2.12. The summed E-state index contributed by atoms with van der Waals surface area (Å²) in [5, 5.41) is 0.997. The van der Waals surface area contributed by atoms with Gasteiger partial charge in [0.2, 0.25) is 0 Å². The van der Waals surface area contributed by atoms with Gasteiger partial charge in [-0.15, -0.1) is 11.6 Å². The Morgan fingerprint density at radius 1 is 0.929 bits per heavy atom. The summed E-state index contributed by atoms with van der Waals surface area (Å²) in [6, 6.07) is 0. The highest BCUT2D eigenvalue weighted by molar-refractivity contribution is 7.99. The van der Waals surface area contributed by atoms with Gasteiger partial charge in [0.25, 0.3) is 0 Å². The van der Waals surface area contributed by atoms with Crippen molar-refractivity contribution in [1.29, 1.82) is 0 Å². The van der Waals surface area contributed by atoms with Crippen molar-refractivity contribution in [3.63, 3.8) is 0 Å². The van der Waals surface area contributed by atoms with Crippen LogP contribution in [0.5, 0.6) is 0 Å². The lowest BCUT2D eigenvalue weighted by atomic mass is 10.0. The van der Waals surface area contributed by atoms with Crippen molar-refractivity contribution >= 4 is 23.4 Å². The predicted molar refractivity (Wildman–Crippen MR) is 68.5 cm³/mol. The second-order valence-electron chi connectivity index (χ2n) is 4.23. The van der Waals surface area contributed by atoms with E-state index in [2.05, 4.69) is 11.8 Å². The van der Waals surface area contributed by atoms with Gasteiger partial charge in [0.15, 0.2) is 0 Å². The lowest BCUT2D eigenvalue weighted by Gasteiger charge is -2.20. The summed E-state index contributed by atoms with van der Waals surface area (Å²) in [6.07, 6.45) is 12.7. The van der Waals surface area contributed by atoms with Crippen LogP contribution < -0.4 is 0 Å². The molecule has 0 aromatic heterocycles. The van der Waals surface area contributed by atoms with Gasteiger partial charge >= 0.3 is 0 Å². The zero-order valence-electron chi connectivity index (χ0n) is 9.14. The Labute approximate surface area is 98.2 Å². The molecule has 0 aromatic carbocycles. The van der Waals surface area contributed by atoms with Crippen LogP contribution in [0.3, 0.4) is 0 Å². The Bertz CT molecular complexity index is 121. The van der Waals surface area contributed by atoms with Gasteiger partial charge in [0.05, 0.1) is 0 Å². The molecule has 14 heavy (non-hydrogen) atoms. The largest absolute Gasteiger partial charge is 0.159 e. The fraction of sp³-hybridized carbons (Fsp3) is 1.00. The van der Waals surface area contributed by atoms with Crippen LogP contribution in [0.15, 0.2) is 0 Å². The fourth-order valence-electron chi connectivity index (χ4n) is 2.03. The van der Waals surface area contributed by atoms with Gasteiger partial charge in [-0.2, -0.15) is 11.8 Å². The molecule has 0 nitrogen and oxygen atoms in total. The van der Waals surface area contributed by atoms with E-state index in [0.29, 0.717) is 0 Å². The van der Waals surface area contributed by atoms with Crippen LogP contribution in [-0.4, -0.2) is 16.9 Å². The number of alkyl halides is 1. The van der Waals surface area contributed by atoms with Crippen LogP contribution in [0.4, 0.5) is 0 Å². The predicted octanol–water partition coefficient (Wildman–Crippen LogP) is 4.85. The summed E-state index contributed by atoms with van der Waals surface area (Å²) in [4.78, 5) is 0. The second kappa shape index (κ2) is 8.91. The maximum Gasteiger partial charge on any atom is 0.0223 e. The third-order valence-electron chi connectivity index (χ3n) is 2.93.